The lowest BCUT2D eigenvalue weighted by Gasteiger charge is -2.40. The molecule has 0 saturated carbocycles. The number of H-pyrrole nitrogens is 1. The molecular formula is C14H19N5O2S. The van der Waals surface area contributed by atoms with Gasteiger partial charge in [0.05, 0.1) is 16.9 Å². The zero-order chi connectivity index (χ0) is 15.4. The first kappa shape index (κ1) is 13.9. The number of nitrogens with one attached hydrogen (secondary N) is 1. The fraction of sp³-hybridized carbons (Fsp3) is 0.643. The largest absolute Gasteiger partial charge is 0.355 e. The van der Waals surface area contributed by atoms with Gasteiger partial charge in [-0.05, 0) is 26.2 Å². The zero-order valence-electron chi connectivity index (χ0n) is 12.5. The van der Waals surface area contributed by atoms with E-state index in [-0.39, 0.29) is 5.41 Å². The number of anilines is 1. The number of sulfone groups is 1. The number of rotatable bonds is 1. The molecule has 2 aliphatic heterocycles. The third kappa shape index (κ3) is 2.16. The molecule has 22 heavy (non-hydrogen) atoms. The summed E-state index contributed by atoms with van der Waals surface area (Å²) in [6.45, 7) is 3.61. The number of hydrogen-bond donors (Lipinski definition) is 1. The highest BCUT2D eigenvalue weighted by Crippen LogP contribution is 2.42. The molecule has 7 nitrogen and oxygen atoms in total. The molecule has 2 aromatic heterocycles. The minimum atomic E-state index is -2.88. The molecule has 0 aliphatic carbocycles. The van der Waals surface area contributed by atoms with E-state index in [0.717, 1.165) is 49.2 Å². The highest BCUT2D eigenvalue weighted by molar-refractivity contribution is 7.91. The van der Waals surface area contributed by atoms with E-state index in [1.165, 1.54) is 6.33 Å². The van der Waals surface area contributed by atoms with Crippen LogP contribution >= 0.6 is 0 Å². The van der Waals surface area contributed by atoms with Crippen LogP contribution in [0.3, 0.4) is 0 Å². The van der Waals surface area contributed by atoms with Crippen molar-refractivity contribution in [3.8, 4) is 0 Å². The van der Waals surface area contributed by atoms with Crippen LogP contribution in [0.4, 0.5) is 5.82 Å². The van der Waals surface area contributed by atoms with Crippen molar-refractivity contribution in [3.05, 3.63) is 12.0 Å². The SMILES string of the molecule is Cc1[nH]nc2ncnc(N3CCCC4(CCS(=O)(=O)C4)C3)c12. The topological polar surface area (TPSA) is 91.8 Å². The number of nitrogens with zero attached hydrogens (tertiary/aromatic N) is 4. The Bertz CT molecular complexity index is 831. The predicted octanol–water partition coefficient (Wildman–Crippen LogP) is 1.07. The first-order chi connectivity index (χ1) is 10.5. The summed E-state index contributed by atoms with van der Waals surface area (Å²) in [5.41, 5.74) is 1.51. The van der Waals surface area contributed by atoms with Gasteiger partial charge in [-0.2, -0.15) is 5.10 Å². The van der Waals surface area contributed by atoms with Crippen LogP contribution in [-0.4, -0.2) is 53.2 Å². The first-order valence-corrected chi connectivity index (χ1v) is 9.41. The number of aromatic amines is 1. The summed E-state index contributed by atoms with van der Waals surface area (Å²) in [5, 5.41) is 8.09. The molecule has 2 fully saturated rings. The predicted molar refractivity (Wildman–Crippen MR) is 83.6 cm³/mol. The molecule has 1 unspecified atom stereocenters. The lowest BCUT2D eigenvalue weighted by molar-refractivity contribution is 0.269. The van der Waals surface area contributed by atoms with Gasteiger partial charge in [0.25, 0.3) is 0 Å². The molecule has 2 aromatic rings. The molecule has 0 aromatic carbocycles. The summed E-state index contributed by atoms with van der Waals surface area (Å²) >= 11 is 0. The van der Waals surface area contributed by atoms with Gasteiger partial charge < -0.3 is 4.90 Å². The molecule has 1 N–H and O–H groups in total. The second kappa shape index (κ2) is 4.65. The summed E-state index contributed by atoms with van der Waals surface area (Å²) in [5.74, 6) is 1.51. The molecule has 0 amide bonds. The first-order valence-electron chi connectivity index (χ1n) is 7.59. The smallest absolute Gasteiger partial charge is 0.186 e. The highest BCUT2D eigenvalue weighted by Gasteiger charge is 2.45. The maximum absolute atomic E-state index is 11.9. The normalized spacial score (nSPS) is 27.8. The van der Waals surface area contributed by atoms with Gasteiger partial charge in [0, 0.05) is 24.2 Å². The quantitative estimate of drug-likeness (QED) is 0.844. The highest BCUT2D eigenvalue weighted by atomic mass is 32.2. The van der Waals surface area contributed by atoms with E-state index in [0.29, 0.717) is 17.2 Å². The number of aryl methyl sites for hydroxylation is 1. The van der Waals surface area contributed by atoms with Crippen LogP contribution in [0.25, 0.3) is 11.0 Å². The Kier molecular flexibility index (Phi) is 2.94. The number of piperidine rings is 1. The van der Waals surface area contributed by atoms with Gasteiger partial charge in [0.15, 0.2) is 15.5 Å². The van der Waals surface area contributed by atoms with Gasteiger partial charge in [-0.25, -0.2) is 18.4 Å². The van der Waals surface area contributed by atoms with Crippen LogP contribution in [0, 0.1) is 12.3 Å². The summed E-state index contributed by atoms with van der Waals surface area (Å²) in [7, 11) is -2.88. The van der Waals surface area contributed by atoms with Crippen LogP contribution in [0.2, 0.25) is 0 Å². The van der Waals surface area contributed by atoms with Crippen molar-refractivity contribution in [1.82, 2.24) is 20.2 Å². The van der Waals surface area contributed by atoms with E-state index in [9.17, 15) is 8.42 Å². The maximum Gasteiger partial charge on any atom is 0.186 e. The van der Waals surface area contributed by atoms with Crippen molar-refractivity contribution in [2.75, 3.05) is 29.5 Å². The van der Waals surface area contributed by atoms with Crippen LogP contribution < -0.4 is 4.90 Å². The van der Waals surface area contributed by atoms with Crippen LogP contribution in [0.15, 0.2) is 6.33 Å². The Hall–Kier alpha value is -1.70. The number of fused-ring (bicyclic) bond motifs is 1. The third-order valence-corrected chi connectivity index (χ3v) is 6.82. The minimum Gasteiger partial charge on any atom is -0.355 e. The van der Waals surface area contributed by atoms with E-state index in [4.69, 9.17) is 0 Å². The molecule has 1 atom stereocenters. The van der Waals surface area contributed by atoms with Crippen molar-refractivity contribution < 1.29 is 8.42 Å². The van der Waals surface area contributed by atoms with E-state index in [1.807, 2.05) is 6.92 Å². The molecule has 2 saturated heterocycles. The average Bonchev–Trinajstić information content (AvgIpc) is 3.00. The van der Waals surface area contributed by atoms with E-state index >= 15 is 0 Å². The van der Waals surface area contributed by atoms with E-state index < -0.39 is 9.84 Å². The molecule has 8 heteroatoms. The molecule has 0 bridgehead atoms. The van der Waals surface area contributed by atoms with Crippen LogP contribution in [0.5, 0.6) is 0 Å². The Morgan fingerprint density at radius 2 is 2.18 bits per heavy atom. The molecular weight excluding hydrogens is 302 g/mol. The zero-order valence-corrected chi connectivity index (χ0v) is 13.4. The van der Waals surface area contributed by atoms with Crippen molar-refractivity contribution in [3.63, 3.8) is 0 Å². The summed E-state index contributed by atoms with van der Waals surface area (Å²) in [6.07, 6.45) is 4.29. The van der Waals surface area contributed by atoms with Crippen LogP contribution in [0.1, 0.15) is 25.0 Å². The van der Waals surface area contributed by atoms with Crippen molar-refractivity contribution in [2.24, 2.45) is 5.41 Å². The van der Waals surface area contributed by atoms with Crippen molar-refractivity contribution in [2.45, 2.75) is 26.2 Å². The Morgan fingerprint density at radius 3 is 2.95 bits per heavy atom. The molecule has 4 rings (SSSR count). The fourth-order valence-electron chi connectivity index (χ4n) is 3.91. The number of hydrogen-bond acceptors (Lipinski definition) is 6. The summed E-state index contributed by atoms with van der Waals surface area (Å²) in [4.78, 5) is 10.9. The minimum absolute atomic E-state index is 0.105. The van der Waals surface area contributed by atoms with Crippen molar-refractivity contribution in [1.29, 1.82) is 0 Å². The number of aromatic nitrogens is 4. The van der Waals surface area contributed by atoms with Gasteiger partial charge in [-0.1, -0.05) is 0 Å². The standard InChI is InChI=1S/C14H19N5O2S/c1-10-11-12(18-17-10)15-9-16-13(11)19-5-2-3-14(7-19)4-6-22(20,21)8-14/h9H,2-8H2,1H3,(H,15,16,17,18). The molecule has 1 spiro atoms. The van der Waals surface area contributed by atoms with Gasteiger partial charge in [-0.15, -0.1) is 0 Å². The summed E-state index contributed by atoms with van der Waals surface area (Å²) in [6, 6.07) is 0. The van der Waals surface area contributed by atoms with Crippen molar-refractivity contribution >= 4 is 26.7 Å². The van der Waals surface area contributed by atoms with Crippen LogP contribution in [-0.2, 0) is 9.84 Å². The van der Waals surface area contributed by atoms with Gasteiger partial charge in [-0.3, -0.25) is 5.10 Å². The van der Waals surface area contributed by atoms with Gasteiger partial charge in [0.2, 0.25) is 0 Å². The van der Waals surface area contributed by atoms with Gasteiger partial charge in [0.1, 0.15) is 12.1 Å². The molecule has 4 heterocycles. The second-order valence-corrected chi connectivity index (χ2v) is 8.80. The summed E-state index contributed by atoms with van der Waals surface area (Å²) < 4.78 is 23.8. The second-order valence-electron chi connectivity index (χ2n) is 6.61. The van der Waals surface area contributed by atoms with Gasteiger partial charge >= 0.3 is 0 Å². The lowest BCUT2D eigenvalue weighted by Crippen LogP contribution is -2.44. The van der Waals surface area contributed by atoms with E-state index in [1.54, 1.807) is 0 Å². The fourth-order valence-corrected chi connectivity index (χ4v) is 6.11. The lowest BCUT2D eigenvalue weighted by atomic mass is 9.79. The average molecular weight is 321 g/mol. The molecule has 2 aliphatic rings. The van der Waals surface area contributed by atoms with E-state index in [2.05, 4.69) is 25.1 Å². The monoisotopic (exact) mass is 321 g/mol. The Labute approximate surface area is 129 Å². The maximum atomic E-state index is 11.9. The Morgan fingerprint density at radius 1 is 1.32 bits per heavy atom. The Balaban J connectivity index is 1.72. The molecule has 118 valence electrons. The third-order valence-electron chi connectivity index (χ3n) is 4.94. The molecule has 0 radical (unpaired) electrons.